The fraction of sp³-hybridized carbons (Fsp3) is 0.154. The van der Waals surface area contributed by atoms with E-state index in [4.69, 9.17) is 10.2 Å². The molecule has 0 saturated carbocycles. The number of nitrogens with two attached hydrogens (primary N) is 1. The van der Waals surface area contributed by atoms with Crippen molar-refractivity contribution in [2.45, 2.75) is 10.2 Å². The molecule has 0 unspecified atom stereocenters. The zero-order valence-electron chi connectivity index (χ0n) is 11.1. The van der Waals surface area contributed by atoms with E-state index in [2.05, 4.69) is 15.0 Å². The van der Waals surface area contributed by atoms with Crippen LogP contribution in [0.2, 0.25) is 0 Å². The summed E-state index contributed by atoms with van der Waals surface area (Å²) in [5.74, 6) is 0.648. The maximum absolute atomic E-state index is 5.72. The van der Waals surface area contributed by atoms with Gasteiger partial charge < -0.3 is 15.1 Å². The van der Waals surface area contributed by atoms with Gasteiger partial charge in [-0.05, 0) is 30.0 Å². The Morgan fingerprint density at radius 2 is 2.05 bits per heavy atom. The van der Waals surface area contributed by atoms with Crippen molar-refractivity contribution in [1.82, 2.24) is 15.0 Å². The minimum Gasteiger partial charge on any atom is -0.431 e. The average molecular weight is 287 g/mol. The Morgan fingerprint density at radius 1 is 1.20 bits per heavy atom. The summed E-state index contributed by atoms with van der Waals surface area (Å²) in [7, 11) is 3.79. The smallest absolute Gasteiger partial charge is 0.263 e. The number of oxazole rings is 1. The Bertz CT molecular complexity index is 755. The lowest BCUT2D eigenvalue weighted by Gasteiger charge is -2.09. The number of aromatic nitrogens is 3. The average Bonchev–Trinajstić information content (AvgIpc) is 2.80. The minimum absolute atomic E-state index is 0.536. The highest BCUT2D eigenvalue weighted by Crippen LogP contribution is 2.29. The Hall–Kier alpha value is -2.28. The lowest BCUT2D eigenvalue weighted by atomic mass is 10.3. The van der Waals surface area contributed by atoms with Gasteiger partial charge in [0.05, 0.1) is 0 Å². The van der Waals surface area contributed by atoms with Gasteiger partial charge in [-0.1, -0.05) is 0 Å². The molecule has 2 N–H and O–H groups in total. The Kier molecular flexibility index (Phi) is 3.19. The molecule has 1 aromatic carbocycles. The van der Waals surface area contributed by atoms with Crippen LogP contribution in [-0.4, -0.2) is 29.0 Å². The monoisotopic (exact) mass is 287 g/mol. The van der Waals surface area contributed by atoms with Gasteiger partial charge >= 0.3 is 0 Å². The van der Waals surface area contributed by atoms with Crippen molar-refractivity contribution < 1.29 is 4.42 Å². The van der Waals surface area contributed by atoms with Gasteiger partial charge in [0.15, 0.2) is 5.58 Å². The molecule has 2 heterocycles. The van der Waals surface area contributed by atoms with E-state index in [0.717, 1.165) is 10.5 Å². The van der Waals surface area contributed by atoms with E-state index in [1.807, 2.05) is 31.1 Å². The first-order chi connectivity index (χ1) is 9.61. The van der Waals surface area contributed by atoms with Crippen molar-refractivity contribution >= 4 is 34.5 Å². The predicted molar refractivity (Wildman–Crippen MR) is 78.9 cm³/mol. The Morgan fingerprint density at radius 3 is 2.85 bits per heavy atom. The molecular formula is C13H13N5OS. The van der Waals surface area contributed by atoms with E-state index in [9.17, 15) is 0 Å². The van der Waals surface area contributed by atoms with E-state index in [-0.39, 0.29) is 0 Å². The second-order valence-electron chi connectivity index (χ2n) is 4.40. The number of anilines is 2. The summed E-state index contributed by atoms with van der Waals surface area (Å²) in [6.45, 7) is 0. The Balaban J connectivity index is 1.90. The van der Waals surface area contributed by atoms with Crippen molar-refractivity contribution in [3.8, 4) is 0 Å². The van der Waals surface area contributed by atoms with Crippen molar-refractivity contribution in [1.29, 1.82) is 0 Å². The topological polar surface area (TPSA) is 81.1 Å². The molecule has 0 fully saturated rings. The van der Waals surface area contributed by atoms with E-state index in [1.54, 1.807) is 18.3 Å². The zero-order chi connectivity index (χ0) is 14.1. The van der Waals surface area contributed by atoms with Gasteiger partial charge in [0, 0.05) is 32.0 Å². The number of nitrogens with zero attached hydrogens (tertiary/aromatic N) is 4. The minimum atomic E-state index is 0.536. The summed E-state index contributed by atoms with van der Waals surface area (Å²) in [6, 6.07) is 7.22. The van der Waals surface area contributed by atoms with Crippen LogP contribution >= 0.6 is 11.8 Å². The third-order valence-corrected chi connectivity index (χ3v) is 3.39. The standard InChI is InChI=1S/C13H13N5OS/c1-18(2)12-15-6-5-11(17-12)20-13-16-9-4-3-8(14)7-10(9)19-13/h3-7H,14H2,1-2H3. The normalized spacial score (nSPS) is 10.9. The number of hydrogen-bond donors (Lipinski definition) is 1. The summed E-state index contributed by atoms with van der Waals surface area (Å²) >= 11 is 1.35. The Labute approximate surface area is 120 Å². The molecule has 0 radical (unpaired) electrons. The van der Waals surface area contributed by atoms with Crippen molar-refractivity contribution in [2.75, 3.05) is 24.7 Å². The van der Waals surface area contributed by atoms with Crippen molar-refractivity contribution in [3.63, 3.8) is 0 Å². The van der Waals surface area contributed by atoms with Gasteiger partial charge in [0.1, 0.15) is 10.5 Å². The maximum atomic E-state index is 5.72. The molecule has 0 aliphatic rings. The fourth-order valence-corrected chi connectivity index (χ4v) is 2.37. The summed E-state index contributed by atoms with van der Waals surface area (Å²) in [6.07, 6.45) is 1.71. The van der Waals surface area contributed by atoms with Crippen LogP contribution in [0.4, 0.5) is 11.6 Å². The molecule has 0 bridgehead atoms. The molecule has 3 rings (SSSR count). The van der Waals surface area contributed by atoms with Crippen LogP contribution < -0.4 is 10.6 Å². The summed E-state index contributed by atoms with van der Waals surface area (Å²) in [5.41, 5.74) is 7.83. The van der Waals surface area contributed by atoms with E-state index in [0.29, 0.717) is 22.4 Å². The number of fused-ring (bicyclic) bond motifs is 1. The van der Waals surface area contributed by atoms with Crippen LogP contribution in [0, 0.1) is 0 Å². The fourth-order valence-electron chi connectivity index (χ4n) is 1.66. The molecule has 3 aromatic rings. The van der Waals surface area contributed by atoms with Gasteiger partial charge in [-0.15, -0.1) is 0 Å². The number of benzene rings is 1. The quantitative estimate of drug-likeness (QED) is 0.585. The SMILES string of the molecule is CN(C)c1nccc(Sc2nc3ccc(N)cc3o2)n1. The van der Waals surface area contributed by atoms with Gasteiger partial charge in [0.25, 0.3) is 5.22 Å². The lowest BCUT2D eigenvalue weighted by Crippen LogP contribution is -2.12. The molecule has 0 aliphatic carbocycles. The molecule has 0 saturated heterocycles. The third kappa shape index (κ3) is 2.53. The summed E-state index contributed by atoms with van der Waals surface area (Å²) in [4.78, 5) is 14.8. The van der Waals surface area contributed by atoms with Crippen molar-refractivity contribution in [3.05, 3.63) is 30.5 Å². The highest BCUT2D eigenvalue weighted by Gasteiger charge is 2.10. The molecule has 6 nitrogen and oxygen atoms in total. The second-order valence-corrected chi connectivity index (χ2v) is 5.37. The maximum Gasteiger partial charge on any atom is 0.263 e. The van der Waals surface area contributed by atoms with Gasteiger partial charge in [-0.25, -0.2) is 15.0 Å². The first-order valence-corrected chi connectivity index (χ1v) is 6.78. The molecule has 0 aliphatic heterocycles. The number of nitrogen functional groups attached to an aromatic ring is 1. The third-order valence-electron chi connectivity index (χ3n) is 2.60. The number of rotatable bonds is 3. The molecule has 102 valence electrons. The second kappa shape index (κ2) is 5.01. The van der Waals surface area contributed by atoms with Crippen molar-refractivity contribution in [2.24, 2.45) is 0 Å². The zero-order valence-corrected chi connectivity index (χ0v) is 11.9. The molecule has 20 heavy (non-hydrogen) atoms. The summed E-state index contributed by atoms with van der Waals surface area (Å²) in [5, 5.41) is 1.32. The predicted octanol–water partition coefficient (Wildman–Crippen LogP) is 2.42. The summed E-state index contributed by atoms with van der Waals surface area (Å²) < 4.78 is 5.65. The lowest BCUT2D eigenvalue weighted by molar-refractivity contribution is 0.489. The highest BCUT2D eigenvalue weighted by atomic mass is 32.2. The van der Waals surface area contributed by atoms with Crippen LogP contribution in [-0.2, 0) is 0 Å². The molecule has 0 atom stereocenters. The van der Waals surface area contributed by atoms with E-state index in [1.165, 1.54) is 11.8 Å². The largest absolute Gasteiger partial charge is 0.431 e. The molecule has 7 heteroatoms. The van der Waals surface area contributed by atoms with Crippen LogP contribution in [0.5, 0.6) is 0 Å². The van der Waals surface area contributed by atoms with E-state index < -0.39 is 0 Å². The molecule has 0 spiro atoms. The van der Waals surface area contributed by atoms with Crippen LogP contribution in [0.3, 0.4) is 0 Å². The van der Waals surface area contributed by atoms with Crippen LogP contribution in [0.15, 0.2) is 45.1 Å². The highest BCUT2D eigenvalue weighted by molar-refractivity contribution is 7.99. The first kappa shape index (κ1) is 12.7. The molecule has 2 aromatic heterocycles. The van der Waals surface area contributed by atoms with Gasteiger partial charge in [-0.2, -0.15) is 0 Å². The first-order valence-electron chi connectivity index (χ1n) is 5.96. The molecule has 0 amide bonds. The van der Waals surface area contributed by atoms with Gasteiger partial charge in [0.2, 0.25) is 5.95 Å². The van der Waals surface area contributed by atoms with Crippen LogP contribution in [0.1, 0.15) is 0 Å². The van der Waals surface area contributed by atoms with Crippen LogP contribution in [0.25, 0.3) is 11.1 Å². The van der Waals surface area contributed by atoms with E-state index >= 15 is 0 Å². The molecular weight excluding hydrogens is 274 g/mol. The van der Waals surface area contributed by atoms with Gasteiger partial charge in [-0.3, -0.25) is 0 Å². The number of hydrogen-bond acceptors (Lipinski definition) is 7.